The lowest BCUT2D eigenvalue weighted by molar-refractivity contribution is 0.733. The summed E-state index contributed by atoms with van der Waals surface area (Å²) in [7, 11) is 0. The van der Waals surface area contributed by atoms with Gasteiger partial charge in [-0.3, -0.25) is 0 Å². The molecule has 0 saturated heterocycles. The predicted octanol–water partition coefficient (Wildman–Crippen LogP) is 4.67. The summed E-state index contributed by atoms with van der Waals surface area (Å²) in [6.45, 7) is 4.51. The molecule has 2 aromatic heterocycles. The van der Waals surface area contributed by atoms with Gasteiger partial charge in [-0.05, 0) is 47.6 Å². The Morgan fingerprint density at radius 2 is 1.90 bits per heavy atom. The molecule has 1 aromatic carbocycles. The summed E-state index contributed by atoms with van der Waals surface area (Å²) in [5.41, 5.74) is 4.98. The zero-order valence-electron chi connectivity index (χ0n) is 12.1. The Hall–Kier alpha value is -2.09. The van der Waals surface area contributed by atoms with Crippen molar-refractivity contribution in [3.05, 3.63) is 65.5 Å². The second-order valence-electron chi connectivity index (χ2n) is 5.49. The fourth-order valence-electron chi connectivity index (χ4n) is 2.52. The summed E-state index contributed by atoms with van der Waals surface area (Å²) < 4.78 is 0. The van der Waals surface area contributed by atoms with E-state index in [-0.39, 0.29) is 0 Å². The highest BCUT2D eigenvalue weighted by molar-refractivity contribution is 5.75. The molecule has 2 heterocycles. The van der Waals surface area contributed by atoms with Crippen molar-refractivity contribution < 1.29 is 0 Å². The lowest BCUT2D eigenvalue weighted by Crippen LogP contribution is -1.93. The summed E-state index contributed by atoms with van der Waals surface area (Å²) in [4.78, 5) is 7.57. The van der Waals surface area contributed by atoms with Crippen LogP contribution in [0.1, 0.15) is 42.9 Å². The summed E-state index contributed by atoms with van der Waals surface area (Å²) >= 11 is 0. The van der Waals surface area contributed by atoms with Gasteiger partial charge in [-0.2, -0.15) is 0 Å². The van der Waals surface area contributed by atoms with Crippen molar-refractivity contribution in [3.63, 3.8) is 0 Å². The van der Waals surface area contributed by atoms with Gasteiger partial charge in [0, 0.05) is 17.8 Å². The molecule has 0 fully saturated rings. The molecule has 3 rings (SSSR count). The first-order valence-corrected chi connectivity index (χ1v) is 7.27. The number of nitrogens with one attached hydrogen (secondary N) is 1. The Balaban J connectivity index is 1.79. The third kappa shape index (κ3) is 2.60. The molecule has 0 aliphatic rings. The highest BCUT2D eigenvalue weighted by atomic mass is 14.8. The van der Waals surface area contributed by atoms with E-state index >= 15 is 0 Å². The van der Waals surface area contributed by atoms with E-state index < -0.39 is 0 Å². The zero-order valence-corrected chi connectivity index (χ0v) is 12.1. The maximum atomic E-state index is 4.44. The zero-order chi connectivity index (χ0) is 13.9. The molecule has 0 radical (unpaired) electrons. The van der Waals surface area contributed by atoms with E-state index in [1.807, 2.05) is 12.4 Å². The first kappa shape index (κ1) is 12.9. The summed E-state index contributed by atoms with van der Waals surface area (Å²) in [5, 5.41) is 1.18. The number of hydrogen-bond acceptors (Lipinski definition) is 1. The molecule has 102 valence electrons. The molecule has 1 atom stereocenters. The minimum absolute atomic E-state index is 0.641. The van der Waals surface area contributed by atoms with Crippen molar-refractivity contribution >= 4 is 11.0 Å². The Labute approximate surface area is 119 Å². The molecule has 1 unspecified atom stereocenters. The van der Waals surface area contributed by atoms with Crippen LogP contribution in [0, 0.1) is 0 Å². The van der Waals surface area contributed by atoms with Crippen LogP contribution in [0.25, 0.3) is 11.0 Å². The van der Waals surface area contributed by atoms with Gasteiger partial charge in [0.1, 0.15) is 5.65 Å². The van der Waals surface area contributed by atoms with Crippen LogP contribution in [0.3, 0.4) is 0 Å². The van der Waals surface area contributed by atoms with Crippen LogP contribution in [-0.2, 0) is 6.42 Å². The van der Waals surface area contributed by atoms with Crippen LogP contribution in [-0.4, -0.2) is 9.97 Å². The monoisotopic (exact) mass is 264 g/mol. The fraction of sp³-hybridized carbons (Fsp3) is 0.278. The molecule has 3 aromatic rings. The van der Waals surface area contributed by atoms with Crippen molar-refractivity contribution in [2.24, 2.45) is 0 Å². The van der Waals surface area contributed by atoms with Crippen LogP contribution in [0.5, 0.6) is 0 Å². The van der Waals surface area contributed by atoms with Gasteiger partial charge in [-0.25, -0.2) is 4.98 Å². The lowest BCUT2D eigenvalue weighted by Gasteiger charge is -2.09. The van der Waals surface area contributed by atoms with Crippen LogP contribution >= 0.6 is 0 Å². The highest BCUT2D eigenvalue weighted by Crippen LogP contribution is 2.20. The first-order valence-electron chi connectivity index (χ1n) is 7.27. The van der Waals surface area contributed by atoms with Crippen LogP contribution < -0.4 is 0 Å². The molecular formula is C18H20N2. The second-order valence-corrected chi connectivity index (χ2v) is 5.49. The van der Waals surface area contributed by atoms with E-state index in [1.54, 1.807) is 0 Å². The number of hydrogen-bond donors (Lipinski definition) is 1. The van der Waals surface area contributed by atoms with Crippen molar-refractivity contribution in [1.29, 1.82) is 0 Å². The minimum Gasteiger partial charge on any atom is -0.346 e. The van der Waals surface area contributed by atoms with E-state index in [9.17, 15) is 0 Å². The number of aromatic nitrogens is 2. The maximum Gasteiger partial charge on any atom is 0.137 e. The van der Waals surface area contributed by atoms with E-state index in [1.165, 1.54) is 28.5 Å². The Bertz CT molecular complexity index is 695. The predicted molar refractivity (Wildman–Crippen MR) is 84.0 cm³/mol. The van der Waals surface area contributed by atoms with Gasteiger partial charge in [-0.15, -0.1) is 0 Å². The van der Waals surface area contributed by atoms with Crippen LogP contribution in [0.15, 0.2) is 48.8 Å². The van der Waals surface area contributed by atoms with Crippen molar-refractivity contribution in [1.82, 2.24) is 9.97 Å². The third-order valence-corrected chi connectivity index (χ3v) is 4.03. The smallest absolute Gasteiger partial charge is 0.137 e. The van der Waals surface area contributed by atoms with Crippen LogP contribution in [0.2, 0.25) is 0 Å². The number of aromatic amines is 1. The molecule has 2 heteroatoms. The van der Waals surface area contributed by atoms with Crippen molar-refractivity contribution in [2.75, 3.05) is 0 Å². The Morgan fingerprint density at radius 1 is 1.10 bits per heavy atom. The first-order chi connectivity index (χ1) is 9.76. The van der Waals surface area contributed by atoms with Crippen LogP contribution in [0.4, 0.5) is 0 Å². The number of benzene rings is 1. The SMILES string of the molecule is CCC(C)c1ccc(Cc2cnc3[nH]ccc3c2)cc1. The van der Waals surface area contributed by atoms with E-state index in [2.05, 4.69) is 60.2 Å². The van der Waals surface area contributed by atoms with Gasteiger partial charge in [0.25, 0.3) is 0 Å². The number of rotatable bonds is 4. The standard InChI is InChI=1S/C18H20N2/c1-3-13(2)16-6-4-14(5-7-16)10-15-11-17-8-9-19-18(17)20-12-15/h4-9,11-13H,3,10H2,1-2H3,(H,19,20). The Morgan fingerprint density at radius 3 is 2.65 bits per heavy atom. The molecule has 20 heavy (non-hydrogen) atoms. The number of fused-ring (bicyclic) bond motifs is 1. The van der Waals surface area contributed by atoms with E-state index in [0.717, 1.165) is 12.1 Å². The molecule has 0 aliphatic heterocycles. The number of nitrogens with zero attached hydrogens (tertiary/aromatic N) is 1. The fourth-order valence-corrected chi connectivity index (χ4v) is 2.52. The van der Waals surface area contributed by atoms with Gasteiger partial charge >= 0.3 is 0 Å². The van der Waals surface area contributed by atoms with Gasteiger partial charge in [0.15, 0.2) is 0 Å². The molecule has 0 aliphatic carbocycles. The number of pyridine rings is 1. The molecule has 0 bridgehead atoms. The maximum absolute atomic E-state index is 4.44. The second kappa shape index (κ2) is 5.49. The van der Waals surface area contributed by atoms with Gasteiger partial charge in [0.2, 0.25) is 0 Å². The normalized spacial score (nSPS) is 12.7. The molecule has 2 nitrogen and oxygen atoms in total. The van der Waals surface area contributed by atoms with Crippen molar-refractivity contribution in [2.45, 2.75) is 32.6 Å². The topological polar surface area (TPSA) is 28.7 Å². The van der Waals surface area contributed by atoms with Gasteiger partial charge in [0.05, 0.1) is 0 Å². The van der Waals surface area contributed by atoms with Gasteiger partial charge in [-0.1, -0.05) is 38.1 Å². The minimum atomic E-state index is 0.641. The molecule has 1 N–H and O–H groups in total. The third-order valence-electron chi connectivity index (χ3n) is 4.03. The summed E-state index contributed by atoms with van der Waals surface area (Å²) in [5.74, 6) is 0.641. The molecular weight excluding hydrogens is 244 g/mol. The summed E-state index contributed by atoms with van der Waals surface area (Å²) in [6, 6.07) is 13.3. The number of H-pyrrole nitrogens is 1. The van der Waals surface area contributed by atoms with E-state index in [0.29, 0.717) is 5.92 Å². The van der Waals surface area contributed by atoms with Gasteiger partial charge < -0.3 is 4.98 Å². The molecule has 0 spiro atoms. The lowest BCUT2D eigenvalue weighted by atomic mass is 9.96. The summed E-state index contributed by atoms with van der Waals surface area (Å²) in [6.07, 6.45) is 6.02. The van der Waals surface area contributed by atoms with Crippen molar-refractivity contribution in [3.8, 4) is 0 Å². The quantitative estimate of drug-likeness (QED) is 0.729. The average Bonchev–Trinajstić information content (AvgIpc) is 2.95. The average molecular weight is 264 g/mol. The molecule has 0 amide bonds. The van der Waals surface area contributed by atoms with E-state index in [4.69, 9.17) is 0 Å². The largest absolute Gasteiger partial charge is 0.346 e. The Kier molecular flexibility index (Phi) is 3.55. The highest BCUT2D eigenvalue weighted by Gasteiger charge is 2.04. The molecule has 0 saturated carbocycles.